The van der Waals surface area contributed by atoms with E-state index in [9.17, 15) is 18.3 Å². The normalized spacial score (nSPS) is 35.4. The van der Waals surface area contributed by atoms with Crippen molar-refractivity contribution in [3.05, 3.63) is 0 Å². The Morgan fingerprint density at radius 3 is 2.19 bits per heavy atom. The van der Waals surface area contributed by atoms with Crippen molar-refractivity contribution in [1.82, 2.24) is 0 Å². The smallest absolute Gasteiger partial charge is 0.377 e. The van der Waals surface area contributed by atoms with Gasteiger partial charge in [-0.15, -0.1) is 0 Å². The van der Waals surface area contributed by atoms with Crippen LogP contribution in [0.5, 0.6) is 0 Å². The molecular formula is C10H17F3O3. The molecule has 0 aromatic rings. The summed E-state index contributed by atoms with van der Waals surface area (Å²) in [6.07, 6.45) is -6.09. The molecule has 1 N–H and O–H groups in total. The Morgan fingerprint density at radius 1 is 1.31 bits per heavy atom. The lowest BCUT2D eigenvalue weighted by Gasteiger charge is -2.48. The molecule has 1 aliphatic heterocycles. The summed E-state index contributed by atoms with van der Waals surface area (Å²) >= 11 is 0. The first-order chi connectivity index (χ1) is 7.00. The lowest BCUT2D eigenvalue weighted by atomic mass is 9.87. The van der Waals surface area contributed by atoms with Crippen LogP contribution in [0.25, 0.3) is 0 Å². The zero-order valence-electron chi connectivity index (χ0n) is 9.76. The Hall–Kier alpha value is -0.330. The van der Waals surface area contributed by atoms with Gasteiger partial charge >= 0.3 is 6.18 Å². The van der Waals surface area contributed by atoms with E-state index >= 15 is 0 Å². The second-order valence-corrected chi connectivity index (χ2v) is 4.89. The van der Waals surface area contributed by atoms with E-state index in [0.29, 0.717) is 0 Å². The van der Waals surface area contributed by atoms with Gasteiger partial charge in [0.25, 0.3) is 0 Å². The highest BCUT2D eigenvalue weighted by atomic mass is 19.4. The molecule has 0 amide bonds. The van der Waals surface area contributed by atoms with E-state index in [0.717, 1.165) is 0 Å². The summed E-state index contributed by atoms with van der Waals surface area (Å²) in [5.41, 5.74) is -2.93. The standard InChI is InChI=1S/C10H17F3O3/c1-6(2)7-9(14,10(11,12)13)5-15-8(3,4)16-7/h6-7,14H,5H2,1-4H3/t7-,9-/m1/s1. The predicted octanol–water partition coefficient (Wildman–Crippen LogP) is 2.09. The Labute approximate surface area is 92.5 Å². The van der Waals surface area contributed by atoms with E-state index in [1.54, 1.807) is 13.8 Å². The number of ether oxygens (including phenoxy) is 2. The lowest BCUT2D eigenvalue weighted by molar-refractivity contribution is -0.400. The maximum absolute atomic E-state index is 12.8. The third-order valence-corrected chi connectivity index (χ3v) is 2.62. The maximum Gasteiger partial charge on any atom is 0.422 e. The topological polar surface area (TPSA) is 38.7 Å². The summed E-state index contributed by atoms with van der Waals surface area (Å²) in [5, 5.41) is 9.70. The van der Waals surface area contributed by atoms with Gasteiger partial charge in [0.1, 0.15) is 6.10 Å². The number of hydrogen-bond donors (Lipinski definition) is 1. The lowest BCUT2D eigenvalue weighted by Crippen LogP contribution is -2.66. The Morgan fingerprint density at radius 2 is 1.81 bits per heavy atom. The SMILES string of the molecule is CC(C)[C@H]1OC(C)(C)OC[C@]1(O)C(F)(F)F. The Bertz CT molecular complexity index is 263. The van der Waals surface area contributed by atoms with Gasteiger partial charge < -0.3 is 14.6 Å². The van der Waals surface area contributed by atoms with Gasteiger partial charge in [-0.05, 0) is 19.8 Å². The third kappa shape index (κ3) is 2.33. The van der Waals surface area contributed by atoms with E-state index in [-0.39, 0.29) is 0 Å². The summed E-state index contributed by atoms with van der Waals surface area (Å²) in [6, 6.07) is 0. The van der Waals surface area contributed by atoms with Crippen LogP contribution in [-0.4, -0.2) is 35.4 Å². The van der Waals surface area contributed by atoms with Crippen molar-refractivity contribution in [3.63, 3.8) is 0 Å². The molecule has 2 atom stereocenters. The van der Waals surface area contributed by atoms with E-state index in [4.69, 9.17) is 9.47 Å². The van der Waals surface area contributed by atoms with Crippen LogP contribution >= 0.6 is 0 Å². The fraction of sp³-hybridized carbons (Fsp3) is 1.00. The fourth-order valence-electron chi connectivity index (χ4n) is 1.73. The van der Waals surface area contributed by atoms with Crippen molar-refractivity contribution in [2.75, 3.05) is 6.61 Å². The van der Waals surface area contributed by atoms with Crippen molar-refractivity contribution in [2.45, 2.75) is 51.4 Å². The summed E-state index contributed by atoms with van der Waals surface area (Å²) in [6.45, 7) is 5.40. The quantitative estimate of drug-likeness (QED) is 0.765. The first-order valence-corrected chi connectivity index (χ1v) is 5.10. The summed E-state index contributed by atoms with van der Waals surface area (Å²) in [7, 11) is 0. The van der Waals surface area contributed by atoms with Crippen molar-refractivity contribution in [1.29, 1.82) is 0 Å². The molecular weight excluding hydrogens is 225 g/mol. The van der Waals surface area contributed by atoms with Gasteiger partial charge in [0.05, 0.1) is 6.61 Å². The largest absolute Gasteiger partial charge is 0.422 e. The van der Waals surface area contributed by atoms with Crippen LogP contribution in [0.2, 0.25) is 0 Å². The van der Waals surface area contributed by atoms with Crippen LogP contribution in [0.3, 0.4) is 0 Å². The van der Waals surface area contributed by atoms with Crippen LogP contribution < -0.4 is 0 Å². The Balaban J connectivity index is 3.02. The molecule has 0 aromatic carbocycles. The number of aliphatic hydroxyl groups is 1. The molecule has 1 rings (SSSR count). The molecule has 6 heteroatoms. The molecule has 0 spiro atoms. The molecule has 1 aliphatic rings. The molecule has 1 fully saturated rings. The second-order valence-electron chi connectivity index (χ2n) is 4.89. The van der Waals surface area contributed by atoms with Gasteiger partial charge in [0.2, 0.25) is 5.60 Å². The third-order valence-electron chi connectivity index (χ3n) is 2.62. The Kier molecular flexibility index (Phi) is 3.31. The van der Waals surface area contributed by atoms with Gasteiger partial charge in [-0.2, -0.15) is 13.2 Å². The average molecular weight is 242 g/mol. The number of rotatable bonds is 1. The highest BCUT2D eigenvalue weighted by Gasteiger charge is 2.63. The van der Waals surface area contributed by atoms with Gasteiger partial charge in [-0.25, -0.2) is 0 Å². The second kappa shape index (κ2) is 3.85. The van der Waals surface area contributed by atoms with E-state index in [1.807, 2.05) is 0 Å². The number of alkyl halides is 3. The predicted molar refractivity (Wildman–Crippen MR) is 50.7 cm³/mol. The molecule has 0 aliphatic carbocycles. The zero-order valence-corrected chi connectivity index (χ0v) is 9.76. The van der Waals surface area contributed by atoms with Crippen LogP contribution in [0, 0.1) is 5.92 Å². The van der Waals surface area contributed by atoms with Crippen molar-refractivity contribution in [2.24, 2.45) is 5.92 Å². The summed E-state index contributed by atoms with van der Waals surface area (Å²) < 4.78 is 48.4. The monoisotopic (exact) mass is 242 g/mol. The molecule has 96 valence electrons. The molecule has 0 saturated carbocycles. The highest BCUT2D eigenvalue weighted by molar-refractivity contribution is 4.99. The van der Waals surface area contributed by atoms with Crippen LogP contribution in [0.1, 0.15) is 27.7 Å². The van der Waals surface area contributed by atoms with E-state index < -0.39 is 36.2 Å². The number of halogens is 3. The van der Waals surface area contributed by atoms with Crippen molar-refractivity contribution < 1.29 is 27.8 Å². The van der Waals surface area contributed by atoms with E-state index in [2.05, 4.69) is 0 Å². The molecule has 0 radical (unpaired) electrons. The first-order valence-electron chi connectivity index (χ1n) is 5.10. The molecule has 16 heavy (non-hydrogen) atoms. The molecule has 3 nitrogen and oxygen atoms in total. The van der Waals surface area contributed by atoms with Gasteiger partial charge in [-0.3, -0.25) is 0 Å². The minimum Gasteiger partial charge on any atom is -0.377 e. The van der Waals surface area contributed by atoms with Crippen LogP contribution in [-0.2, 0) is 9.47 Å². The maximum atomic E-state index is 12.8. The van der Waals surface area contributed by atoms with E-state index in [1.165, 1.54) is 13.8 Å². The highest BCUT2D eigenvalue weighted by Crippen LogP contribution is 2.42. The summed E-state index contributed by atoms with van der Waals surface area (Å²) in [4.78, 5) is 0. The zero-order chi connectivity index (χ0) is 12.8. The number of hydrogen-bond acceptors (Lipinski definition) is 3. The minimum atomic E-state index is -4.77. The molecule has 0 aromatic heterocycles. The van der Waals surface area contributed by atoms with Crippen LogP contribution in [0.15, 0.2) is 0 Å². The van der Waals surface area contributed by atoms with Gasteiger partial charge in [-0.1, -0.05) is 13.8 Å². The fourth-order valence-corrected chi connectivity index (χ4v) is 1.73. The molecule has 0 bridgehead atoms. The first kappa shape index (κ1) is 13.7. The average Bonchev–Trinajstić information content (AvgIpc) is 2.07. The van der Waals surface area contributed by atoms with Crippen LogP contribution in [0.4, 0.5) is 13.2 Å². The molecule has 1 heterocycles. The summed E-state index contributed by atoms with van der Waals surface area (Å²) in [5.74, 6) is -1.57. The molecule has 1 saturated heterocycles. The van der Waals surface area contributed by atoms with Crippen molar-refractivity contribution in [3.8, 4) is 0 Å². The van der Waals surface area contributed by atoms with Gasteiger partial charge in [0, 0.05) is 0 Å². The molecule has 0 unspecified atom stereocenters. The van der Waals surface area contributed by atoms with Gasteiger partial charge in [0.15, 0.2) is 5.79 Å². The minimum absolute atomic E-state index is 0.463. The van der Waals surface area contributed by atoms with Crippen molar-refractivity contribution >= 4 is 0 Å².